The Hall–Kier alpha value is -0.890. The Kier molecular flexibility index (Phi) is 6.87. The van der Waals surface area contributed by atoms with Crippen LogP contribution in [0.4, 0.5) is 4.39 Å². The summed E-state index contributed by atoms with van der Waals surface area (Å²) in [5, 5.41) is 0. The van der Waals surface area contributed by atoms with Crippen molar-refractivity contribution in [2.45, 2.75) is 39.5 Å². The maximum atomic E-state index is 12.9. The Morgan fingerprint density at radius 1 is 1.29 bits per heavy atom. The minimum Gasteiger partial charge on any atom is -0.303 e. The first-order chi connectivity index (χ1) is 8.22. The first kappa shape index (κ1) is 14.2. The molecule has 0 amide bonds. The second kappa shape index (κ2) is 8.24. The molecule has 1 heterocycles. The Balaban J connectivity index is 2.35. The van der Waals surface area contributed by atoms with E-state index in [1.165, 1.54) is 32.9 Å². The van der Waals surface area contributed by atoms with E-state index in [4.69, 9.17) is 0 Å². The molecule has 1 aliphatic heterocycles. The lowest BCUT2D eigenvalue weighted by Gasteiger charge is -2.14. The van der Waals surface area contributed by atoms with Crippen molar-refractivity contribution in [1.82, 2.24) is 4.90 Å². The molecule has 0 unspecified atom stereocenters. The first-order valence-corrected chi connectivity index (χ1v) is 6.60. The van der Waals surface area contributed by atoms with Crippen LogP contribution in [0.3, 0.4) is 0 Å². The van der Waals surface area contributed by atoms with E-state index in [2.05, 4.69) is 4.90 Å². The standard InChI is InChI=1S/C15H24FN/c1-3-4-8-15(13-14(2)16)9-7-12-17-10-5-6-11-17/h3-4,8,13H,5-7,9-12H2,1-2H3/b4-3+,14-13+,15-8-. The van der Waals surface area contributed by atoms with Crippen molar-refractivity contribution in [3.63, 3.8) is 0 Å². The zero-order chi connectivity index (χ0) is 12.5. The summed E-state index contributed by atoms with van der Waals surface area (Å²) >= 11 is 0. The molecular formula is C15H24FN. The van der Waals surface area contributed by atoms with E-state index in [1.54, 1.807) is 6.08 Å². The first-order valence-electron chi connectivity index (χ1n) is 6.60. The summed E-state index contributed by atoms with van der Waals surface area (Å²) in [6.07, 6.45) is 12.4. The molecular weight excluding hydrogens is 213 g/mol. The highest BCUT2D eigenvalue weighted by Gasteiger charge is 2.10. The Morgan fingerprint density at radius 3 is 2.59 bits per heavy atom. The number of allylic oxidation sites excluding steroid dienone is 6. The molecule has 2 heteroatoms. The second-order valence-electron chi connectivity index (χ2n) is 4.65. The summed E-state index contributed by atoms with van der Waals surface area (Å²) in [4.78, 5) is 2.50. The molecule has 0 aliphatic carbocycles. The third kappa shape index (κ3) is 6.42. The highest BCUT2D eigenvalue weighted by atomic mass is 19.1. The number of hydrogen-bond acceptors (Lipinski definition) is 1. The highest BCUT2D eigenvalue weighted by molar-refractivity contribution is 5.24. The van der Waals surface area contributed by atoms with Gasteiger partial charge in [-0.25, -0.2) is 4.39 Å². The number of likely N-dealkylation sites (tertiary alicyclic amines) is 1. The molecule has 96 valence electrons. The predicted octanol–water partition coefficient (Wildman–Crippen LogP) is 4.24. The molecule has 0 saturated carbocycles. The molecule has 1 nitrogen and oxygen atoms in total. The van der Waals surface area contributed by atoms with Crippen LogP contribution < -0.4 is 0 Å². The fraction of sp³-hybridized carbons (Fsp3) is 0.600. The van der Waals surface area contributed by atoms with Crippen molar-refractivity contribution in [1.29, 1.82) is 0 Å². The molecule has 0 radical (unpaired) electrons. The van der Waals surface area contributed by atoms with Crippen molar-refractivity contribution in [3.8, 4) is 0 Å². The van der Waals surface area contributed by atoms with Gasteiger partial charge in [0.15, 0.2) is 0 Å². The molecule has 1 fully saturated rings. The van der Waals surface area contributed by atoms with Crippen LogP contribution in [0.5, 0.6) is 0 Å². The Bertz CT molecular complexity index is 292. The Morgan fingerprint density at radius 2 is 2.00 bits per heavy atom. The SMILES string of the molecule is C/C=C/C=C(\C=C(/C)F)CCCN1CCCC1. The van der Waals surface area contributed by atoms with Crippen molar-refractivity contribution in [2.24, 2.45) is 0 Å². The Labute approximate surface area is 105 Å². The van der Waals surface area contributed by atoms with Gasteiger partial charge in [-0.3, -0.25) is 0 Å². The van der Waals surface area contributed by atoms with Gasteiger partial charge in [0.2, 0.25) is 0 Å². The number of nitrogens with zero attached hydrogens (tertiary/aromatic N) is 1. The summed E-state index contributed by atoms with van der Waals surface area (Å²) < 4.78 is 12.9. The van der Waals surface area contributed by atoms with E-state index in [1.807, 2.05) is 25.2 Å². The van der Waals surface area contributed by atoms with Gasteiger partial charge in [0.1, 0.15) is 0 Å². The maximum absolute atomic E-state index is 12.9. The van der Waals surface area contributed by atoms with Gasteiger partial charge < -0.3 is 4.90 Å². The maximum Gasteiger partial charge on any atom is 0.0971 e. The van der Waals surface area contributed by atoms with Crippen molar-refractivity contribution >= 4 is 0 Å². The average molecular weight is 237 g/mol. The van der Waals surface area contributed by atoms with Crippen LogP contribution in [0.1, 0.15) is 39.5 Å². The van der Waals surface area contributed by atoms with Crippen LogP contribution in [0.25, 0.3) is 0 Å². The van der Waals surface area contributed by atoms with Crippen LogP contribution in [-0.4, -0.2) is 24.5 Å². The van der Waals surface area contributed by atoms with Gasteiger partial charge in [-0.2, -0.15) is 0 Å². The molecule has 0 atom stereocenters. The minimum absolute atomic E-state index is 0.109. The van der Waals surface area contributed by atoms with E-state index in [0.717, 1.165) is 25.0 Å². The molecule has 0 N–H and O–H groups in total. The third-order valence-electron chi connectivity index (χ3n) is 3.03. The molecule has 0 aromatic rings. The van der Waals surface area contributed by atoms with Crippen LogP contribution >= 0.6 is 0 Å². The molecule has 0 bridgehead atoms. The summed E-state index contributed by atoms with van der Waals surface area (Å²) in [5.74, 6) is -0.109. The fourth-order valence-corrected chi connectivity index (χ4v) is 2.19. The van der Waals surface area contributed by atoms with Gasteiger partial charge in [-0.15, -0.1) is 0 Å². The van der Waals surface area contributed by atoms with Gasteiger partial charge >= 0.3 is 0 Å². The monoisotopic (exact) mass is 237 g/mol. The zero-order valence-electron chi connectivity index (χ0n) is 11.1. The van der Waals surface area contributed by atoms with Gasteiger partial charge in [0.25, 0.3) is 0 Å². The fourth-order valence-electron chi connectivity index (χ4n) is 2.19. The molecule has 0 spiro atoms. The second-order valence-corrected chi connectivity index (χ2v) is 4.65. The minimum atomic E-state index is -0.109. The van der Waals surface area contributed by atoms with Gasteiger partial charge in [-0.05, 0) is 70.8 Å². The van der Waals surface area contributed by atoms with E-state index >= 15 is 0 Å². The number of rotatable bonds is 6. The molecule has 1 rings (SSSR count). The van der Waals surface area contributed by atoms with E-state index < -0.39 is 0 Å². The topological polar surface area (TPSA) is 3.24 Å². The van der Waals surface area contributed by atoms with Gasteiger partial charge in [0, 0.05) is 0 Å². The van der Waals surface area contributed by atoms with Gasteiger partial charge in [-0.1, -0.05) is 18.2 Å². The number of halogens is 1. The third-order valence-corrected chi connectivity index (χ3v) is 3.03. The summed E-state index contributed by atoms with van der Waals surface area (Å²) in [7, 11) is 0. The molecule has 17 heavy (non-hydrogen) atoms. The average Bonchev–Trinajstić information content (AvgIpc) is 2.78. The number of hydrogen-bond donors (Lipinski definition) is 0. The molecule has 1 aliphatic rings. The lowest BCUT2D eigenvalue weighted by Crippen LogP contribution is -2.20. The predicted molar refractivity (Wildman–Crippen MR) is 72.7 cm³/mol. The van der Waals surface area contributed by atoms with Crippen molar-refractivity contribution < 1.29 is 4.39 Å². The van der Waals surface area contributed by atoms with Gasteiger partial charge in [0.05, 0.1) is 5.83 Å². The molecule has 0 aromatic heterocycles. The summed E-state index contributed by atoms with van der Waals surface area (Å²) in [6, 6.07) is 0. The normalized spacial score (nSPS) is 19.5. The van der Waals surface area contributed by atoms with Crippen molar-refractivity contribution in [3.05, 3.63) is 35.7 Å². The van der Waals surface area contributed by atoms with E-state index in [0.29, 0.717) is 0 Å². The smallest absolute Gasteiger partial charge is 0.0971 e. The highest BCUT2D eigenvalue weighted by Crippen LogP contribution is 2.14. The van der Waals surface area contributed by atoms with Crippen molar-refractivity contribution in [2.75, 3.05) is 19.6 Å². The quantitative estimate of drug-likeness (QED) is 0.625. The summed E-state index contributed by atoms with van der Waals surface area (Å²) in [6.45, 7) is 7.11. The van der Waals surface area contributed by atoms with Crippen LogP contribution in [-0.2, 0) is 0 Å². The van der Waals surface area contributed by atoms with E-state index in [-0.39, 0.29) is 5.83 Å². The van der Waals surface area contributed by atoms with Crippen LogP contribution in [0.2, 0.25) is 0 Å². The zero-order valence-corrected chi connectivity index (χ0v) is 11.1. The molecule has 1 saturated heterocycles. The molecule has 0 aromatic carbocycles. The van der Waals surface area contributed by atoms with Crippen LogP contribution in [0.15, 0.2) is 35.7 Å². The largest absolute Gasteiger partial charge is 0.303 e. The van der Waals surface area contributed by atoms with E-state index in [9.17, 15) is 4.39 Å². The van der Waals surface area contributed by atoms with Crippen LogP contribution in [0, 0.1) is 0 Å². The lowest BCUT2D eigenvalue weighted by atomic mass is 10.1. The lowest BCUT2D eigenvalue weighted by molar-refractivity contribution is 0.334. The summed E-state index contributed by atoms with van der Waals surface area (Å²) in [5.41, 5.74) is 1.09.